The van der Waals surface area contributed by atoms with Crippen molar-refractivity contribution in [1.82, 2.24) is 9.55 Å². The zero-order chi connectivity index (χ0) is 13.1. The monoisotopic (exact) mass is 247 g/mol. The van der Waals surface area contributed by atoms with Gasteiger partial charge in [-0.15, -0.1) is 0 Å². The highest BCUT2D eigenvalue weighted by molar-refractivity contribution is 5.76. The Kier molecular flexibility index (Phi) is 3.99. The molecule has 2 unspecified atom stereocenters. The maximum Gasteiger partial charge on any atom is 0.107 e. The lowest BCUT2D eigenvalue weighted by molar-refractivity contribution is 0.203. The summed E-state index contributed by atoms with van der Waals surface area (Å²) in [5.74, 6) is 0.904. The van der Waals surface area contributed by atoms with Gasteiger partial charge in [-0.05, 0) is 25.5 Å². The minimum atomic E-state index is -0.0997. The second-order valence-corrected chi connectivity index (χ2v) is 4.72. The largest absolute Gasteiger partial charge is 0.394 e. The van der Waals surface area contributed by atoms with E-state index in [9.17, 15) is 5.11 Å². The van der Waals surface area contributed by atoms with Crippen LogP contribution in [0.15, 0.2) is 24.3 Å². The van der Waals surface area contributed by atoms with Crippen LogP contribution in [0.3, 0.4) is 0 Å². The first-order chi connectivity index (χ1) is 8.69. The van der Waals surface area contributed by atoms with E-state index >= 15 is 0 Å². The lowest BCUT2D eigenvalue weighted by Crippen LogP contribution is -2.35. The number of aliphatic hydroxyl groups excluding tert-OH is 1. The molecule has 0 aliphatic heterocycles. The van der Waals surface area contributed by atoms with Crippen molar-refractivity contribution < 1.29 is 5.11 Å². The van der Waals surface area contributed by atoms with E-state index in [-0.39, 0.29) is 18.7 Å². The van der Waals surface area contributed by atoms with Crippen LogP contribution in [-0.2, 0) is 0 Å². The number of rotatable bonds is 5. The summed E-state index contributed by atoms with van der Waals surface area (Å²) >= 11 is 0. The lowest BCUT2D eigenvalue weighted by Gasteiger charge is -2.25. The molecule has 98 valence electrons. The number of aromatic nitrogens is 2. The molecule has 2 atom stereocenters. The van der Waals surface area contributed by atoms with E-state index in [2.05, 4.69) is 16.5 Å². The zero-order valence-electron chi connectivity index (χ0n) is 11.0. The minimum Gasteiger partial charge on any atom is -0.394 e. The van der Waals surface area contributed by atoms with Crippen molar-refractivity contribution in [3.05, 3.63) is 30.1 Å². The number of imidazole rings is 1. The smallest absolute Gasteiger partial charge is 0.107 e. The molecule has 2 rings (SSSR count). The van der Waals surface area contributed by atoms with Crippen molar-refractivity contribution in [2.75, 3.05) is 6.61 Å². The molecule has 4 heteroatoms. The number of aryl methyl sites for hydroxylation is 1. The molecule has 1 heterocycles. The highest BCUT2D eigenvalue weighted by atomic mass is 16.3. The standard InChI is InChI=1S/C14H21N3O/c1-3-6-11(15)14(9-18)17-10(2)16-12-7-4-5-8-13(12)17/h4-5,7-8,11,14,18H,3,6,9,15H2,1-2H3. The summed E-state index contributed by atoms with van der Waals surface area (Å²) in [7, 11) is 0. The van der Waals surface area contributed by atoms with Crippen molar-refractivity contribution in [2.45, 2.75) is 38.8 Å². The third kappa shape index (κ3) is 2.26. The van der Waals surface area contributed by atoms with E-state index in [1.165, 1.54) is 0 Å². The minimum absolute atomic E-state index is 0.0440. The molecular weight excluding hydrogens is 226 g/mol. The van der Waals surface area contributed by atoms with Crippen molar-refractivity contribution >= 4 is 11.0 Å². The van der Waals surface area contributed by atoms with Gasteiger partial charge in [0, 0.05) is 6.04 Å². The van der Waals surface area contributed by atoms with Crippen molar-refractivity contribution in [1.29, 1.82) is 0 Å². The predicted molar refractivity (Wildman–Crippen MR) is 73.5 cm³/mol. The van der Waals surface area contributed by atoms with Crippen LogP contribution < -0.4 is 5.73 Å². The van der Waals surface area contributed by atoms with Gasteiger partial charge in [0.1, 0.15) is 5.82 Å². The Morgan fingerprint density at radius 3 is 2.78 bits per heavy atom. The van der Waals surface area contributed by atoms with E-state index in [0.717, 1.165) is 29.7 Å². The fourth-order valence-corrected chi connectivity index (χ4v) is 2.52. The van der Waals surface area contributed by atoms with Gasteiger partial charge in [-0.3, -0.25) is 0 Å². The van der Waals surface area contributed by atoms with E-state index in [0.29, 0.717) is 0 Å². The molecule has 18 heavy (non-hydrogen) atoms. The van der Waals surface area contributed by atoms with E-state index in [1.54, 1.807) is 0 Å². The molecule has 0 bridgehead atoms. The average Bonchev–Trinajstić information content (AvgIpc) is 2.68. The lowest BCUT2D eigenvalue weighted by atomic mass is 10.0. The summed E-state index contributed by atoms with van der Waals surface area (Å²) in [5, 5.41) is 9.65. The molecule has 4 nitrogen and oxygen atoms in total. The van der Waals surface area contributed by atoms with Crippen LogP contribution in [0.5, 0.6) is 0 Å². The Morgan fingerprint density at radius 1 is 1.39 bits per heavy atom. The first-order valence-corrected chi connectivity index (χ1v) is 6.49. The maximum atomic E-state index is 9.65. The number of benzene rings is 1. The number of hydrogen-bond donors (Lipinski definition) is 2. The Bertz CT molecular complexity index is 521. The topological polar surface area (TPSA) is 64.1 Å². The Labute approximate surface area is 107 Å². The van der Waals surface area contributed by atoms with Gasteiger partial charge in [-0.25, -0.2) is 4.98 Å². The van der Waals surface area contributed by atoms with Gasteiger partial charge in [-0.2, -0.15) is 0 Å². The fraction of sp³-hybridized carbons (Fsp3) is 0.500. The number of aliphatic hydroxyl groups is 1. The molecule has 0 aliphatic rings. The van der Waals surface area contributed by atoms with Gasteiger partial charge in [0.25, 0.3) is 0 Å². The molecular formula is C14H21N3O. The second-order valence-electron chi connectivity index (χ2n) is 4.72. The summed E-state index contributed by atoms with van der Waals surface area (Å²) in [6.07, 6.45) is 1.92. The highest BCUT2D eigenvalue weighted by Gasteiger charge is 2.22. The maximum absolute atomic E-state index is 9.65. The summed E-state index contributed by atoms with van der Waals surface area (Å²) < 4.78 is 2.07. The van der Waals surface area contributed by atoms with Crippen LogP contribution >= 0.6 is 0 Å². The molecule has 2 aromatic rings. The van der Waals surface area contributed by atoms with Gasteiger partial charge in [0.15, 0.2) is 0 Å². The normalized spacial score (nSPS) is 14.9. The van der Waals surface area contributed by atoms with Gasteiger partial charge >= 0.3 is 0 Å². The number of para-hydroxylation sites is 2. The highest BCUT2D eigenvalue weighted by Crippen LogP contribution is 2.23. The van der Waals surface area contributed by atoms with Crippen molar-refractivity contribution in [2.24, 2.45) is 5.73 Å². The molecule has 0 amide bonds. The third-order valence-corrected chi connectivity index (χ3v) is 3.41. The number of hydrogen-bond acceptors (Lipinski definition) is 3. The van der Waals surface area contributed by atoms with Gasteiger partial charge in [-0.1, -0.05) is 25.5 Å². The molecule has 1 aromatic heterocycles. The van der Waals surface area contributed by atoms with Crippen LogP contribution in [0.25, 0.3) is 11.0 Å². The van der Waals surface area contributed by atoms with E-state index in [1.807, 2.05) is 31.2 Å². The molecule has 0 radical (unpaired) electrons. The number of fused-ring (bicyclic) bond motifs is 1. The van der Waals surface area contributed by atoms with Crippen LogP contribution in [0.1, 0.15) is 31.6 Å². The molecule has 0 saturated heterocycles. The third-order valence-electron chi connectivity index (χ3n) is 3.41. The average molecular weight is 247 g/mol. The number of nitrogens with zero attached hydrogens (tertiary/aromatic N) is 2. The quantitative estimate of drug-likeness (QED) is 0.849. The Morgan fingerprint density at radius 2 is 2.11 bits per heavy atom. The molecule has 1 aromatic carbocycles. The van der Waals surface area contributed by atoms with Crippen molar-refractivity contribution in [3.63, 3.8) is 0 Å². The molecule has 3 N–H and O–H groups in total. The van der Waals surface area contributed by atoms with Crippen LogP contribution in [-0.4, -0.2) is 27.3 Å². The van der Waals surface area contributed by atoms with Crippen LogP contribution in [0.4, 0.5) is 0 Å². The van der Waals surface area contributed by atoms with Gasteiger partial charge in [0.2, 0.25) is 0 Å². The number of nitrogens with two attached hydrogens (primary N) is 1. The Balaban J connectivity index is 2.47. The summed E-state index contributed by atoms with van der Waals surface area (Å²) in [6, 6.07) is 7.82. The van der Waals surface area contributed by atoms with Gasteiger partial charge < -0.3 is 15.4 Å². The van der Waals surface area contributed by atoms with E-state index < -0.39 is 0 Å². The SMILES string of the molecule is CCCC(N)C(CO)n1c(C)nc2ccccc21. The molecule has 0 spiro atoms. The summed E-state index contributed by atoms with van der Waals surface area (Å²) in [5.41, 5.74) is 8.18. The van der Waals surface area contributed by atoms with Crippen LogP contribution in [0.2, 0.25) is 0 Å². The van der Waals surface area contributed by atoms with E-state index in [4.69, 9.17) is 5.73 Å². The zero-order valence-corrected chi connectivity index (χ0v) is 11.0. The fourth-order valence-electron chi connectivity index (χ4n) is 2.52. The first-order valence-electron chi connectivity index (χ1n) is 6.49. The van der Waals surface area contributed by atoms with Crippen molar-refractivity contribution in [3.8, 4) is 0 Å². The first kappa shape index (κ1) is 13.1. The molecule has 0 aliphatic carbocycles. The predicted octanol–water partition coefficient (Wildman–Crippen LogP) is 2.01. The summed E-state index contributed by atoms with van der Waals surface area (Å²) in [6.45, 7) is 4.11. The summed E-state index contributed by atoms with van der Waals surface area (Å²) in [4.78, 5) is 4.52. The van der Waals surface area contributed by atoms with Gasteiger partial charge in [0.05, 0.1) is 23.7 Å². The van der Waals surface area contributed by atoms with Crippen LogP contribution in [0, 0.1) is 6.92 Å². The molecule has 0 saturated carbocycles. The molecule has 0 fully saturated rings. The second kappa shape index (κ2) is 5.50. The Hall–Kier alpha value is -1.39.